The third kappa shape index (κ3) is 8.85. The lowest BCUT2D eigenvalue weighted by Gasteiger charge is -2.36. The second kappa shape index (κ2) is 14.9. The van der Waals surface area contributed by atoms with Crippen molar-refractivity contribution in [1.29, 1.82) is 5.41 Å². The monoisotopic (exact) mass is 579 g/mol. The van der Waals surface area contributed by atoms with Crippen LogP contribution in [0.4, 0.5) is 4.39 Å². The van der Waals surface area contributed by atoms with E-state index in [1.54, 1.807) is 12.1 Å². The normalized spacial score (nSPS) is 21.0. The molecule has 2 nitrogen and oxygen atoms in total. The number of hydrogen-bond acceptors (Lipinski definition) is 2. The van der Waals surface area contributed by atoms with Crippen molar-refractivity contribution in [2.45, 2.75) is 116 Å². The molecule has 1 saturated carbocycles. The van der Waals surface area contributed by atoms with Gasteiger partial charge in [0.05, 0.1) is 0 Å². The van der Waals surface area contributed by atoms with Crippen LogP contribution >= 0.6 is 0 Å². The number of benzene rings is 2. The van der Waals surface area contributed by atoms with Crippen LogP contribution in [0, 0.1) is 11.2 Å². The Morgan fingerprint density at radius 2 is 1.86 bits per heavy atom. The third-order valence-corrected chi connectivity index (χ3v) is 9.70. The summed E-state index contributed by atoms with van der Waals surface area (Å²) in [4.78, 5) is 13.0. The van der Waals surface area contributed by atoms with Gasteiger partial charge in [-0.05, 0) is 141 Å². The Morgan fingerprint density at radius 3 is 2.63 bits per heavy atom. The molecule has 4 rings (SSSR count). The first-order valence-corrected chi connectivity index (χ1v) is 16.2. The SMILES string of the molecule is C=C(CC=C(C)C(C=CC(=O)CC1CCC(C)(C)c2ccccc21)=CC)CCc1ccc(C2CCCC(=N)CC2)c(F)c1. The molecule has 0 radical (unpaired) electrons. The van der Waals surface area contributed by atoms with Crippen LogP contribution in [-0.2, 0) is 16.6 Å². The number of nitrogens with one attached hydrogen (secondary N) is 1. The van der Waals surface area contributed by atoms with Gasteiger partial charge in [-0.25, -0.2) is 4.39 Å². The van der Waals surface area contributed by atoms with Gasteiger partial charge in [-0.1, -0.05) is 80.6 Å². The number of carbonyl (C=O) groups is 1. The predicted molar refractivity (Wildman–Crippen MR) is 180 cm³/mol. The molecule has 2 aromatic carbocycles. The van der Waals surface area contributed by atoms with E-state index in [2.05, 4.69) is 69.8 Å². The fourth-order valence-corrected chi connectivity index (χ4v) is 6.84. The highest BCUT2D eigenvalue weighted by Crippen LogP contribution is 2.43. The fourth-order valence-electron chi connectivity index (χ4n) is 6.84. The first-order chi connectivity index (χ1) is 20.6. The lowest BCUT2D eigenvalue weighted by atomic mass is 9.68. The van der Waals surface area contributed by atoms with E-state index in [0.717, 1.165) is 97.8 Å². The van der Waals surface area contributed by atoms with Crippen LogP contribution in [0.5, 0.6) is 0 Å². The molecule has 228 valence electrons. The van der Waals surface area contributed by atoms with Gasteiger partial charge in [-0.3, -0.25) is 4.79 Å². The Bertz CT molecular complexity index is 1420. The largest absolute Gasteiger partial charge is 0.310 e. The maximum atomic E-state index is 15.0. The minimum Gasteiger partial charge on any atom is -0.310 e. The van der Waals surface area contributed by atoms with E-state index in [9.17, 15) is 4.79 Å². The molecule has 2 aromatic rings. The Hall–Kier alpha value is -3.33. The van der Waals surface area contributed by atoms with Crippen molar-refractivity contribution in [1.82, 2.24) is 0 Å². The van der Waals surface area contributed by atoms with Crippen molar-refractivity contribution in [3.8, 4) is 0 Å². The summed E-state index contributed by atoms with van der Waals surface area (Å²) in [7, 11) is 0. The lowest BCUT2D eigenvalue weighted by molar-refractivity contribution is -0.115. The van der Waals surface area contributed by atoms with Crippen molar-refractivity contribution in [3.05, 3.63) is 118 Å². The molecule has 2 atom stereocenters. The maximum Gasteiger partial charge on any atom is 0.156 e. The summed E-state index contributed by atoms with van der Waals surface area (Å²) in [5.74, 6) is 0.578. The first kappa shape index (κ1) is 32.6. The highest BCUT2D eigenvalue weighted by molar-refractivity contribution is 5.91. The molecule has 0 heterocycles. The second-order valence-electron chi connectivity index (χ2n) is 13.4. The summed E-state index contributed by atoms with van der Waals surface area (Å²) in [6, 6.07) is 14.4. The van der Waals surface area contributed by atoms with E-state index in [-0.39, 0.29) is 28.9 Å². The van der Waals surface area contributed by atoms with Gasteiger partial charge in [-0.2, -0.15) is 0 Å². The smallest absolute Gasteiger partial charge is 0.156 e. The molecule has 0 aromatic heterocycles. The maximum absolute atomic E-state index is 15.0. The average molecular weight is 580 g/mol. The van der Waals surface area contributed by atoms with Crippen LogP contribution in [0.2, 0.25) is 0 Å². The predicted octanol–water partition coefficient (Wildman–Crippen LogP) is 11.0. The molecule has 0 saturated heterocycles. The molecule has 2 unspecified atom stereocenters. The molecular weight excluding hydrogens is 529 g/mol. The Kier molecular flexibility index (Phi) is 11.3. The van der Waals surface area contributed by atoms with Gasteiger partial charge in [0.2, 0.25) is 0 Å². The molecule has 0 bridgehead atoms. The molecule has 0 amide bonds. The van der Waals surface area contributed by atoms with E-state index in [0.29, 0.717) is 6.42 Å². The summed E-state index contributed by atoms with van der Waals surface area (Å²) in [6.45, 7) is 13.0. The number of allylic oxidation sites excluding steroid dienone is 7. The molecule has 43 heavy (non-hydrogen) atoms. The number of aryl methyl sites for hydroxylation is 1. The Morgan fingerprint density at radius 1 is 1.07 bits per heavy atom. The second-order valence-corrected chi connectivity index (χ2v) is 13.4. The van der Waals surface area contributed by atoms with Gasteiger partial charge in [0.25, 0.3) is 0 Å². The van der Waals surface area contributed by atoms with Gasteiger partial charge >= 0.3 is 0 Å². The molecule has 0 aliphatic heterocycles. The van der Waals surface area contributed by atoms with E-state index in [1.165, 1.54) is 11.1 Å². The minimum atomic E-state index is -0.104. The van der Waals surface area contributed by atoms with Gasteiger partial charge in [0.15, 0.2) is 5.78 Å². The van der Waals surface area contributed by atoms with Crippen molar-refractivity contribution in [3.63, 3.8) is 0 Å². The summed E-state index contributed by atoms with van der Waals surface area (Å²) >= 11 is 0. The van der Waals surface area contributed by atoms with Crippen molar-refractivity contribution in [2.75, 3.05) is 0 Å². The minimum absolute atomic E-state index is 0.104. The van der Waals surface area contributed by atoms with Crippen LogP contribution < -0.4 is 0 Å². The molecule has 1 fully saturated rings. The molecule has 1 N–H and O–H groups in total. The molecule has 0 spiro atoms. The van der Waals surface area contributed by atoms with Crippen LogP contribution in [0.25, 0.3) is 0 Å². The highest BCUT2D eigenvalue weighted by Gasteiger charge is 2.32. The zero-order valence-corrected chi connectivity index (χ0v) is 26.8. The molecule has 3 heteroatoms. The van der Waals surface area contributed by atoms with Gasteiger partial charge in [0, 0.05) is 12.1 Å². The first-order valence-electron chi connectivity index (χ1n) is 16.2. The third-order valence-electron chi connectivity index (χ3n) is 9.70. The van der Waals surface area contributed by atoms with Gasteiger partial charge < -0.3 is 5.41 Å². The molecular formula is C40H50FNO. The van der Waals surface area contributed by atoms with Crippen LogP contribution in [-0.4, -0.2) is 11.5 Å². The van der Waals surface area contributed by atoms with Gasteiger partial charge in [-0.15, -0.1) is 0 Å². The topological polar surface area (TPSA) is 40.9 Å². The van der Waals surface area contributed by atoms with E-state index < -0.39 is 0 Å². The quantitative estimate of drug-likeness (QED) is 0.122. The van der Waals surface area contributed by atoms with Crippen molar-refractivity contribution >= 4 is 11.5 Å². The molecule has 2 aliphatic carbocycles. The van der Waals surface area contributed by atoms with Gasteiger partial charge in [0.1, 0.15) is 5.82 Å². The van der Waals surface area contributed by atoms with Crippen LogP contribution in [0.15, 0.2) is 90.1 Å². The van der Waals surface area contributed by atoms with E-state index >= 15 is 4.39 Å². The highest BCUT2D eigenvalue weighted by atomic mass is 19.1. The van der Waals surface area contributed by atoms with Crippen molar-refractivity contribution < 1.29 is 9.18 Å². The van der Waals surface area contributed by atoms with Crippen LogP contribution in [0.1, 0.15) is 126 Å². The van der Waals surface area contributed by atoms with E-state index in [1.807, 2.05) is 19.1 Å². The number of halogens is 1. The summed E-state index contributed by atoms with van der Waals surface area (Å²) in [5.41, 5.74) is 8.80. The Labute approximate surface area is 259 Å². The summed E-state index contributed by atoms with van der Waals surface area (Å²) in [6.07, 6.45) is 17.4. The average Bonchev–Trinajstić information content (AvgIpc) is 3.21. The fraction of sp³-hybridized carbons (Fsp3) is 0.450. The number of ketones is 1. The zero-order chi connectivity index (χ0) is 31.0. The number of rotatable bonds is 11. The summed E-state index contributed by atoms with van der Waals surface area (Å²) in [5, 5.41) is 7.94. The number of hydrogen-bond donors (Lipinski definition) is 1. The van der Waals surface area contributed by atoms with Crippen LogP contribution in [0.3, 0.4) is 0 Å². The lowest BCUT2D eigenvalue weighted by Crippen LogP contribution is -2.27. The standard InChI is InChI=1S/C40H50FNO/c1-6-31(20-22-35(43)27-33-24-25-40(4,5)38-13-8-7-12-36(33)38)29(3)16-14-28(2)15-17-30-18-23-37(39(41)26-30)32-10-9-11-34(42)21-19-32/h6-8,12-13,16,18,20,22-23,26,32-33,42H,2,9-11,14-15,17,19,21,24-25,27H2,1,3-5H3. The Balaban J connectivity index is 1.27. The molecule has 2 aliphatic rings. The number of fused-ring (bicyclic) bond motifs is 1. The zero-order valence-electron chi connectivity index (χ0n) is 26.8. The summed E-state index contributed by atoms with van der Waals surface area (Å²) < 4.78 is 15.0. The van der Waals surface area contributed by atoms with Crippen molar-refractivity contribution in [2.24, 2.45) is 0 Å². The van der Waals surface area contributed by atoms with E-state index in [4.69, 9.17) is 5.41 Å². The number of carbonyl (C=O) groups excluding carboxylic acids is 1.